The molecular formula is C25H19ClFNO4S. The molecule has 1 saturated heterocycles. The zero-order chi connectivity index (χ0) is 23.2. The SMILES string of the molecule is O=C1S/C(=C\c2cccc(OCc3ccc(F)cc3)c2)C(=O)N1CCOc1ccccc1Cl. The second kappa shape index (κ2) is 10.6. The summed E-state index contributed by atoms with van der Waals surface area (Å²) in [6, 6.07) is 20.3. The molecule has 1 heterocycles. The smallest absolute Gasteiger partial charge is 0.293 e. The van der Waals surface area contributed by atoms with E-state index >= 15 is 0 Å². The van der Waals surface area contributed by atoms with Gasteiger partial charge in [0.2, 0.25) is 0 Å². The molecule has 0 bridgehead atoms. The van der Waals surface area contributed by atoms with E-state index in [4.69, 9.17) is 21.1 Å². The van der Waals surface area contributed by atoms with Crippen molar-refractivity contribution in [3.63, 3.8) is 0 Å². The molecule has 3 aromatic carbocycles. The third-order valence-corrected chi connectivity index (χ3v) is 5.98. The van der Waals surface area contributed by atoms with Crippen LogP contribution in [0.3, 0.4) is 0 Å². The van der Waals surface area contributed by atoms with Gasteiger partial charge in [0.15, 0.2) is 0 Å². The fourth-order valence-electron chi connectivity index (χ4n) is 3.09. The molecule has 2 amide bonds. The largest absolute Gasteiger partial charge is 0.490 e. The van der Waals surface area contributed by atoms with Gasteiger partial charge >= 0.3 is 0 Å². The highest BCUT2D eigenvalue weighted by Gasteiger charge is 2.34. The molecule has 0 radical (unpaired) electrons. The Morgan fingerprint density at radius 1 is 0.970 bits per heavy atom. The molecule has 0 saturated carbocycles. The van der Waals surface area contributed by atoms with Crippen LogP contribution in [0.25, 0.3) is 6.08 Å². The van der Waals surface area contributed by atoms with Gasteiger partial charge in [0.1, 0.15) is 30.5 Å². The molecule has 0 aromatic heterocycles. The van der Waals surface area contributed by atoms with Crippen LogP contribution in [-0.4, -0.2) is 29.2 Å². The van der Waals surface area contributed by atoms with Crippen molar-refractivity contribution in [3.05, 3.63) is 99.7 Å². The van der Waals surface area contributed by atoms with Crippen LogP contribution in [-0.2, 0) is 11.4 Å². The second-order valence-electron chi connectivity index (χ2n) is 7.10. The molecule has 0 spiro atoms. The lowest BCUT2D eigenvalue weighted by Gasteiger charge is -2.13. The molecule has 1 aliphatic rings. The first kappa shape index (κ1) is 22.9. The molecule has 1 fully saturated rings. The van der Waals surface area contributed by atoms with E-state index in [0.29, 0.717) is 21.4 Å². The summed E-state index contributed by atoms with van der Waals surface area (Å²) >= 11 is 6.94. The Morgan fingerprint density at radius 2 is 1.76 bits per heavy atom. The number of imide groups is 1. The average Bonchev–Trinajstić information content (AvgIpc) is 3.07. The lowest BCUT2D eigenvalue weighted by Crippen LogP contribution is -2.32. The van der Waals surface area contributed by atoms with Crippen molar-refractivity contribution in [2.75, 3.05) is 13.2 Å². The Morgan fingerprint density at radius 3 is 2.55 bits per heavy atom. The number of para-hydroxylation sites is 1. The summed E-state index contributed by atoms with van der Waals surface area (Å²) in [5.41, 5.74) is 1.56. The van der Waals surface area contributed by atoms with Crippen LogP contribution in [0.2, 0.25) is 5.02 Å². The number of rotatable bonds is 8. The van der Waals surface area contributed by atoms with Crippen molar-refractivity contribution in [1.29, 1.82) is 0 Å². The zero-order valence-electron chi connectivity index (χ0n) is 17.4. The van der Waals surface area contributed by atoms with Crippen molar-refractivity contribution in [2.24, 2.45) is 0 Å². The van der Waals surface area contributed by atoms with Crippen LogP contribution >= 0.6 is 23.4 Å². The van der Waals surface area contributed by atoms with Gasteiger partial charge in [-0.05, 0) is 65.4 Å². The number of hydrogen-bond donors (Lipinski definition) is 0. The molecule has 8 heteroatoms. The molecule has 168 valence electrons. The minimum Gasteiger partial charge on any atom is -0.490 e. The van der Waals surface area contributed by atoms with Gasteiger partial charge in [0, 0.05) is 0 Å². The predicted octanol–water partition coefficient (Wildman–Crippen LogP) is 6.17. The first-order valence-electron chi connectivity index (χ1n) is 10.1. The summed E-state index contributed by atoms with van der Waals surface area (Å²) in [5.74, 6) is 0.426. The van der Waals surface area contributed by atoms with Crippen molar-refractivity contribution < 1.29 is 23.5 Å². The van der Waals surface area contributed by atoms with Crippen LogP contribution in [0, 0.1) is 5.82 Å². The van der Waals surface area contributed by atoms with Crippen molar-refractivity contribution in [2.45, 2.75) is 6.61 Å². The summed E-state index contributed by atoms with van der Waals surface area (Å²) in [7, 11) is 0. The number of nitrogens with zero attached hydrogens (tertiary/aromatic N) is 1. The van der Waals surface area contributed by atoms with Crippen LogP contribution in [0.15, 0.2) is 77.7 Å². The van der Waals surface area contributed by atoms with E-state index in [-0.39, 0.29) is 36.7 Å². The van der Waals surface area contributed by atoms with Crippen molar-refractivity contribution in [3.8, 4) is 11.5 Å². The Kier molecular flexibility index (Phi) is 7.32. The molecule has 3 aromatic rings. The zero-order valence-corrected chi connectivity index (χ0v) is 18.9. The molecule has 0 N–H and O–H groups in total. The molecule has 33 heavy (non-hydrogen) atoms. The summed E-state index contributed by atoms with van der Waals surface area (Å²) in [6.45, 7) is 0.543. The number of hydrogen-bond acceptors (Lipinski definition) is 5. The van der Waals surface area contributed by atoms with Crippen LogP contribution in [0.5, 0.6) is 11.5 Å². The van der Waals surface area contributed by atoms with E-state index in [1.807, 2.05) is 6.07 Å². The summed E-state index contributed by atoms with van der Waals surface area (Å²) < 4.78 is 24.4. The Balaban J connectivity index is 1.37. The van der Waals surface area contributed by atoms with Gasteiger partial charge in [-0.15, -0.1) is 0 Å². The van der Waals surface area contributed by atoms with E-state index in [2.05, 4.69) is 0 Å². The molecule has 0 atom stereocenters. The summed E-state index contributed by atoms with van der Waals surface area (Å²) in [4.78, 5) is 26.5. The van der Waals surface area contributed by atoms with Gasteiger partial charge in [-0.3, -0.25) is 14.5 Å². The van der Waals surface area contributed by atoms with Crippen LogP contribution in [0.4, 0.5) is 9.18 Å². The average molecular weight is 484 g/mol. The van der Waals surface area contributed by atoms with Gasteiger partial charge in [-0.25, -0.2) is 4.39 Å². The van der Waals surface area contributed by atoms with E-state index in [9.17, 15) is 14.0 Å². The lowest BCUT2D eigenvalue weighted by atomic mass is 10.2. The Bertz CT molecular complexity index is 1200. The fraction of sp³-hybridized carbons (Fsp3) is 0.120. The van der Waals surface area contributed by atoms with E-state index < -0.39 is 0 Å². The Hall–Kier alpha value is -3.29. The molecular weight excluding hydrogens is 465 g/mol. The van der Waals surface area contributed by atoms with Crippen LogP contribution < -0.4 is 9.47 Å². The number of halogens is 2. The number of thioether (sulfide) groups is 1. The monoisotopic (exact) mass is 483 g/mol. The predicted molar refractivity (Wildman–Crippen MR) is 127 cm³/mol. The Labute approximate surface area is 199 Å². The van der Waals surface area contributed by atoms with Crippen LogP contribution in [0.1, 0.15) is 11.1 Å². The van der Waals surface area contributed by atoms with Gasteiger partial charge in [-0.2, -0.15) is 0 Å². The van der Waals surface area contributed by atoms with Crippen molar-refractivity contribution in [1.82, 2.24) is 4.90 Å². The number of benzene rings is 3. The molecule has 4 rings (SSSR count). The quantitative estimate of drug-likeness (QED) is 0.358. The highest BCUT2D eigenvalue weighted by molar-refractivity contribution is 8.18. The summed E-state index contributed by atoms with van der Waals surface area (Å²) in [6.07, 6.45) is 1.66. The van der Waals surface area contributed by atoms with E-state index in [1.165, 1.54) is 12.1 Å². The maximum Gasteiger partial charge on any atom is 0.293 e. The topological polar surface area (TPSA) is 55.8 Å². The maximum atomic E-state index is 13.0. The third-order valence-electron chi connectivity index (χ3n) is 4.76. The van der Waals surface area contributed by atoms with Gasteiger partial charge in [-0.1, -0.05) is 48.0 Å². The van der Waals surface area contributed by atoms with Gasteiger partial charge < -0.3 is 9.47 Å². The molecule has 5 nitrogen and oxygen atoms in total. The number of carbonyl (C=O) groups is 2. The fourth-order valence-corrected chi connectivity index (χ4v) is 4.15. The van der Waals surface area contributed by atoms with Crippen molar-refractivity contribution >= 4 is 40.6 Å². The second-order valence-corrected chi connectivity index (χ2v) is 8.50. The van der Waals surface area contributed by atoms with Gasteiger partial charge in [0.05, 0.1) is 16.5 Å². The first-order chi connectivity index (χ1) is 16.0. The number of ether oxygens (including phenoxy) is 2. The lowest BCUT2D eigenvalue weighted by molar-refractivity contribution is -0.123. The highest BCUT2D eigenvalue weighted by Crippen LogP contribution is 2.33. The summed E-state index contributed by atoms with van der Waals surface area (Å²) in [5, 5.41) is 0.116. The first-order valence-corrected chi connectivity index (χ1v) is 11.3. The molecule has 1 aliphatic heterocycles. The van der Waals surface area contributed by atoms with Gasteiger partial charge in [0.25, 0.3) is 11.1 Å². The molecule has 0 aliphatic carbocycles. The number of carbonyl (C=O) groups excluding carboxylic acids is 2. The molecule has 0 unspecified atom stereocenters. The third kappa shape index (κ3) is 5.94. The minimum absolute atomic E-state index is 0.119. The van der Waals surface area contributed by atoms with E-state index in [0.717, 1.165) is 27.8 Å². The standard InChI is InChI=1S/C25H19ClFNO4S/c26-21-6-1-2-7-22(21)31-13-12-28-24(29)23(33-25(28)30)15-18-4-3-5-20(14-18)32-16-17-8-10-19(27)11-9-17/h1-11,14-15H,12-13,16H2/b23-15-. The maximum absolute atomic E-state index is 13.0. The van der Waals surface area contributed by atoms with E-state index in [1.54, 1.807) is 60.7 Å². The normalized spacial score (nSPS) is 14.7. The number of amides is 2. The minimum atomic E-state index is -0.370. The highest BCUT2D eigenvalue weighted by atomic mass is 35.5.